The van der Waals surface area contributed by atoms with E-state index in [1.807, 2.05) is 19.1 Å². The van der Waals surface area contributed by atoms with Crippen LogP contribution in [0.5, 0.6) is 0 Å². The van der Waals surface area contributed by atoms with E-state index in [9.17, 15) is 17.9 Å². The molecular formula is C16H17FO3S. The zero-order chi connectivity index (χ0) is 15.5. The fourth-order valence-electron chi connectivity index (χ4n) is 2.04. The number of hydrogen-bond donors (Lipinski definition) is 1. The number of aryl methyl sites for hydroxylation is 1. The first-order valence-electron chi connectivity index (χ1n) is 6.67. The fourth-order valence-corrected chi connectivity index (χ4v) is 3.41. The van der Waals surface area contributed by atoms with Crippen molar-refractivity contribution < 1.29 is 17.9 Å². The van der Waals surface area contributed by atoms with Crippen molar-refractivity contribution in [3.05, 3.63) is 65.5 Å². The molecule has 1 N–H and O–H groups in total. The van der Waals surface area contributed by atoms with E-state index in [1.165, 1.54) is 18.2 Å². The topological polar surface area (TPSA) is 54.4 Å². The molecule has 0 fully saturated rings. The van der Waals surface area contributed by atoms with E-state index in [1.54, 1.807) is 12.1 Å². The Morgan fingerprint density at radius 2 is 1.81 bits per heavy atom. The van der Waals surface area contributed by atoms with Gasteiger partial charge < -0.3 is 5.11 Å². The number of aliphatic hydroxyl groups is 1. The van der Waals surface area contributed by atoms with Gasteiger partial charge in [0.25, 0.3) is 0 Å². The predicted molar refractivity (Wildman–Crippen MR) is 79.2 cm³/mol. The lowest BCUT2D eigenvalue weighted by molar-refractivity contribution is 0.201. The number of aliphatic hydroxyl groups excluding tert-OH is 1. The van der Waals surface area contributed by atoms with Gasteiger partial charge in [0, 0.05) is 0 Å². The minimum absolute atomic E-state index is 0.119. The Morgan fingerprint density at radius 1 is 1.14 bits per heavy atom. The summed E-state index contributed by atoms with van der Waals surface area (Å²) >= 11 is 0. The van der Waals surface area contributed by atoms with Crippen LogP contribution in [0.15, 0.2) is 53.4 Å². The number of sulfone groups is 1. The van der Waals surface area contributed by atoms with Gasteiger partial charge in [-0.1, -0.05) is 37.3 Å². The average Bonchev–Trinajstić information content (AvgIpc) is 2.47. The molecule has 1 unspecified atom stereocenters. The maximum atomic E-state index is 13.1. The third-order valence-corrected chi connectivity index (χ3v) is 5.03. The molecule has 0 saturated heterocycles. The molecule has 0 heterocycles. The van der Waals surface area contributed by atoms with Gasteiger partial charge in [-0.2, -0.15) is 0 Å². The van der Waals surface area contributed by atoms with Gasteiger partial charge in [-0.05, 0) is 35.7 Å². The number of benzene rings is 2. The van der Waals surface area contributed by atoms with E-state index < -0.39 is 27.5 Å². The van der Waals surface area contributed by atoms with Crippen molar-refractivity contribution >= 4 is 9.84 Å². The van der Waals surface area contributed by atoms with Gasteiger partial charge in [0.1, 0.15) is 5.82 Å². The molecule has 0 aromatic heterocycles. The van der Waals surface area contributed by atoms with Crippen LogP contribution >= 0.6 is 0 Å². The van der Waals surface area contributed by atoms with Gasteiger partial charge in [-0.3, -0.25) is 0 Å². The Hall–Kier alpha value is -1.72. The van der Waals surface area contributed by atoms with Gasteiger partial charge in [0.05, 0.1) is 16.8 Å². The van der Waals surface area contributed by atoms with Crippen molar-refractivity contribution in [1.82, 2.24) is 0 Å². The van der Waals surface area contributed by atoms with E-state index in [-0.39, 0.29) is 4.90 Å². The van der Waals surface area contributed by atoms with E-state index in [0.717, 1.165) is 18.1 Å². The van der Waals surface area contributed by atoms with E-state index in [0.29, 0.717) is 5.56 Å². The first-order chi connectivity index (χ1) is 9.92. The van der Waals surface area contributed by atoms with Gasteiger partial charge in [-0.15, -0.1) is 0 Å². The van der Waals surface area contributed by atoms with Crippen LogP contribution in [0.2, 0.25) is 0 Å². The zero-order valence-electron chi connectivity index (χ0n) is 11.7. The second-order valence-corrected chi connectivity index (χ2v) is 6.88. The molecule has 0 aliphatic heterocycles. The van der Waals surface area contributed by atoms with Gasteiger partial charge in [0.2, 0.25) is 0 Å². The van der Waals surface area contributed by atoms with Crippen LogP contribution in [-0.4, -0.2) is 19.3 Å². The summed E-state index contributed by atoms with van der Waals surface area (Å²) in [6.07, 6.45) is -0.262. The Balaban J connectivity index is 2.19. The van der Waals surface area contributed by atoms with Crippen molar-refractivity contribution in [3.8, 4) is 0 Å². The van der Waals surface area contributed by atoms with Crippen LogP contribution in [0, 0.1) is 5.82 Å². The number of rotatable bonds is 5. The minimum Gasteiger partial charge on any atom is -0.387 e. The summed E-state index contributed by atoms with van der Waals surface area (Å²) in [6, 6.07) is 11.9. The largest absolute Gasteiger partial charge is 0.387 e. The summed E-state index contributed by atoms with van der Waals surface area (Å²) in [4.78, 5) is -0.119. The third kappa shape index (κ3) is 3.89. The fraction of sp³-hybridized carbons (Fsp3) is 0.250. The van der Waals surface area contributed by atoms with E-state index >= 15 is 0 Å². The average molecular weight is 308 g/mol. The Labute approximate surface area is 124 Å². The van der Waals surface area contributed by atoms with Gasteiger partial charge >= 0.3 is 0 Å². The highest BCUT2D eigenvalue weighted by molar-refractivity contribution is 7.91. The van der Waals surface area contributed by atoms with Crippen LogP contribution in [0.3, 0.4) is 0 Å². The molecule has 2 aromatic carbocycles. The molecule has 2 aromatic rings. The summed E-state index contributed by atoms with van der Waals surface area (Å²) in [6.45, 7) is 2.01. The monoisotopic (exact) mass is 308 g/mol. The quantitative estimate of drug-likeness (QED) is 0.924. The third-order valence-electron chi connectivity index (χ3n) is 3.31. The molecule has 2 rings (SSSR count). The van der Waals surface area contributed by atoms with Crippen molar-refractivity contribution in [1.29, 1.82) is 0 Å². The Morgan fingerprint density at radius 3 is 2.38 bits per heavy atom. The van der Waals surface area contributed by atoms with Crippen molar-refractivity contribution in [3.63, 3.8) is 0 Å². The van der Waals surface area contributed by atoms with Gasteiger partial charge in [0.15, 0.2) is 9.84 Å². The van der Waals surface area contributed by atoms with Crippen LogP contribution in [0.25, 0.3) is 0 Å². The predicted octanol–water partition coefficient (Wildman–Crippen LogP) is 2.90. The molecule has 3 nitrogen and oxygen atoms in total. The number of halogens is 1. The van der Waals surface area contributed by atoms with Crippen molar-refractivity contribution in [2.75, 3.05) is 5.75 Å². The second kappa shape index (κ2) is 6.37. The molecule has 0 spiro atoms. The molecule has 0 amide bonds. The smallest absolute Gasteiger partial charge is 0.181 e. The summed E-state index contributed by atoms with van der Waals surface area (Å²) in [5.74, 6) is -1.08. The maximum Gasteiger partial charge on any atom is 0.181 e. The molecule has 0 bridgehead atoms. The second-order valence-electron chi connectivity index (χ2n) is 4.85. The lowest BCUT2D eigenvalue weighted by Crippen LogP contribution is -2.15. The maximum absolute atomic E-state index is 13.1. The zero-order valence-corrected chi connectivity index (χ0v) is 12.5. The summed E-state index contributed by atoms with van der Waals surface area (Å²) in [7, 11) is -3.74. The molecule has 0 saturated carbocycles. The lowest BCUT2D eigenvalue weighted by atomic mass is 10.1. The molecule has 112 valence electrons. The van der Waals surface area contributed by atoms with E-state index in [2.05, 4.69) is 0 Å². The SMILES string of the molecule is CCc1ccc(C(O)CS(=O)(=O)c2cccc(F)c2)cc1. The highest BCUT2D eigenvalue weighted by Crippen LogP contribution is 2.21. The molecule has 0 aliphatic carbocycles. The highest BCUT2D eigenvalue weighted by Gasteiger charge is 2.21. The normalized spacial score (nSPS) is 13.1. The first kappa shape index (κ1) is 15.7. The summed E-state index contributed by atoms with van der Waals surface area (Å²) < 4.78 is 37.4. The minimum atomic E-state index is -3.74. The van der Waals surface area contributed by atoms with E-state index in [4.69, 9.17) is 0 Å². The van der Waals surface area contributed by atoms with Crippen molar-refractivity contribution in [2.45, 2.75) is 24.3 Å². The molecule has 0 aliphatic rings. The molecule has 0 radical (unpaired) electrons. The molecular weight excluding hydrogens is 291 g/mol. The van der Waals surface area contributed by atoms with Gasteiger partial charge in [-0.25, -0.2) is 12.8 Å². The van der Waals surface area contributed by atoms with Crippen LogP contribution < -0.4 is 0 Å². The Kier molecular flexibility index (Phi) is 4.75. The highest BCUT2D eigenvalue weighted by atomic mass is 32.2. The first-order valence-corrected chi connectivity index (χ1v) is 8.33. The van der Waals surface area contributed by atoms with Crippen LogP contribution in [-0.2, 0) is 16.3 Å². The lowest BCUT2D eigenvalue weighted by Gasteiger charge is -2.12. The van der Waals surface area contributed by atoms with Crippen LogP contribution in [0.1, 0.15) is 24.2 Å². The Bertz CT molecular complexity index is 709. The molecule has 21 heavy (non-hydrogen) atoms. The molecule has 1 atom stereocenters. The standard InChI is InChI=1S/C16H17FO3S/c1-2-12-6-8-13(9-7-12)16(18)11-21(19,20)15-5-3-4-14(17)10-15/h3-10,16,18H,2,11H2,1H3. The summed E-state index contributed by atoms with van der Waals surface area (Å²) in [5.41, 5.74) is 1.64. The van der Waals surface area contributed by atoms with Crippen molar-refractivity contribution in [2.24, 2.45) is 0 Å². The van der Waals surface area contributed by atoms with Crippen LogP contribution in [0.4, 0.5) is 4.39 Å². The summed E-state index contributed by atoms with van der Waals surface area (Å²) in [5, 5.41) is 10.1. The molecule has 5 heteroatoms. The number of hydrogen-bond acceptors (Lipinski definition) is 3.